The summed E-state index contributed by atoms with van der Waals surface area (Å²) in [6, 6.07) is 28.8. The molecule has 0 spiro atoms. The normalized spacial score (nSPS) is 16.7. The van der Waals surface area contributed by atoms with E-state index in [-0.39, 0.29) is 44.0 Å². The van der Waals surface area contributed by atoms with Gasteiger partial charge in [-0.3, -0.25) is 4.57 Å². The van der Waals surface area contributed by atoms with Crippen LogP contribution in [0.15, 0.2) is 103 Å². The van der Waals surface area contributed by atoms with Gasteiger partial charge in [-0.05, 0) is 91.4 Å². The number of carbonyl (C=O) groups excluding carboxylic acids is 3. The fraction of sp³-hybridized carbons (Fsp3) is 0.388. The number of benzene rings is 4. The molecule has 0 saturated carbocycles. The molecular formula is C49H56FN5O7. The summed E-state index contributed by atoms with van der Waals surface area (Å²) in [5.41, 5.74) is 5.43. The van der Waals surface area contributed by atoms with E-state index in [9.17, 15) is 18.8 Å². The van der Waals surface area contributed by atoms with E-state index >= 15 is 0 Å². The number of fused-ring (bicyclic) bond motifs is 3. The fourth-order valence-electron chi connectivity index (χ4n) is 8.98. The highest BCUT2D eigenvalue weighted by atomic mass is 19.1. The summed E-state index contributed by atoms with van der Waals surface area (Å²) in [5.74, 6) is -0.462. The van der Waals surface area contributed by atoms with Crippen LogP contribution in [0.4, 0.5) is 9.18 Å². The number of aromatic amines is 1. The molecule has 6 aromatic rings. The minimum atomic E-state index is -1.01. The van der Waals surface area contributed by atoms with E-state index in [0.29, 0.717) is 32.2 Å². The highest BCUT2D eigenvalue weighted by Gasteiger charge is 2.47. The molecule has 0 radical (unpaired) electrons. The third-order valence-electron chi connectivity index (χ3n) is 11.9. The summed E-state index contributed by atoms with van der Waals surface area (Å²) in [5, 5.41) is 3.73. The van der Waals surface area contributed by atoms with Gasteiger partial charge >= 0.3 is 18.0 Å². The van der Waals surface area contributed by atoms with E-state index < -0.39 is 29.7 Å². The number of aryl methyl sites for hydroxylation is 2. The molecular weight excluding hydrogens is 790 g/mol. The van der Waals surface area contributed by atoms with Crippen molar-refractivity contribution in [1.29, 1.82) is 0 Å². The van der Waals surface area contributed by atoms with Crippen molar-refractivity contribution >= 4 is 40.0 Å². The zero-order valence-electron chi connectivity index (χ0n) is 35.9. The Balaban J connectivity index is 0.999. The first-order valence-electron chi connectivity index (χ1n) is 21.3. The highest BCUT2D eigenvalue weighted by molar-refractivity contribution is 5.86. The Hall–Kier alpha value is -6.05. The molecule has 0 saturated heterocycles. The monoisotopic (exact) mass is 845 g/mol. The molecule has 2 aromatic heterocycles. The molecule has 0 bridgehead atoms. The van der Waals surface area contributed by atoms with Gasteiger partial charge in [0, 0.05) is 55.9 Å². The number of ether oxygens (including phenoxy) is 4. The van der Waals surface area contributed by atoms with Gasteiger partial charge in [-0.15, -0.1) is 0 Å². The SMILES string of the molecule is COCC(=O)O[C@]1(CCN(C)CCCc2nc3ccccc3n2COC(=O)NC(Cc2c[nH]c3ccccc23)C(=O)OCc2ccccc2)CCc2cc(F)ccc2[C@@H]1C(C)C. The largest absolute Gasteiger partial charge is 0.459 e. The average Bonchev–Trinajstić information content (AvgIpc) is 3.84. The van der Waals surface area contributed by atoms with Crippen molar-refractivity contribution < 1.29 is 37.7 Å². The van der Waals surface area contributed by atoms with Crippen LogP contribution in [0.3, 0.4) is 0 Å². The Labute approximate surface area is 361 Å². The van der Waals surface area contributed by atoms with Crippen LogP contribution in [0.2, 0.25) is 0 Å². The Morgan fingerprint density at radius 3 is 2.56 bits per heavy atom. The van der Waals surface area contributed by atoms with Crippen molar-refractivity contribution in [2.75, 3.05) is 33.9 Å². The Bertz CT molecular complexity index is 2470. The molecule has 13 heteroatoms. The second-order valence-electron chi connectivity index (χ2n) is 16.6. The molecule has 4 aromatic carbocycles. The molecule has 1 aliphatic carbocycles. The first-order valence-corrected chi connectivity index (χ1v) is 21.3. The van der Waals surface area contributed by atoms with Gasteiger partial charge in [-0.1, -0.05) is 80.6 Å². The van der Waals surface area contributed by atoms with Gasteiger partial charge in [-0.25, -0.2) is 23.8 Å². The average molecular weight is 846 g/mol. The standard InChI is InChI=1S/C49H56FN5O7/c1-33(2)46-39-21-20-37(50)27-35(39)22-23-49(46,62-45(56)31-59-4)24-26-54(3)25-12-19-44-52-41-17-10-11-18-43(41)55(44)32-61-48(58)53-42(47(57)60-30-34-13-6-5-7-14-34)28-36-29-51-40-16-9-8-15-38(36)40/h5-11,13-18,20-21,27,29,33,42,46,51H,12,19,22-26,28,30-32H2,1-4H3,(H,53,58)/t42?,46-,49-/m0/s1. The van der Waals surface area contributed by atoms with Crippen molar-refractivity contribution in [3.63, 3.8) is 0 Å². The Morgan fingerprint density at radius 1 is 0.984 bits per heavy atom. The highest BCUT2D eigenvalue weighted by Crippen LogP contribution is 2.48. The van der Waals surface area contributed by atoms with E-state index in [2.05, 4.69) is 36.1 Å². The molecule has 7 rings (SSSR count). The number of aromatic nitrogens is 3. The zero-order valence-corrected chi connectivity index (χ0v) is 35.9. The number of imidazole rings is 1. The number of alkyl carbamates (subject to hydrolysis) is 1. The minimum absolute atomic E-state index is 0.0678. The van der Waals surface area contributed by atoms with Crippen LogP contribution >= 0.6 is 0 Å². The lowest BCUT2D eigenvalue weighted by Gasteiger charge is -2.47. The second kappa shape index (κ2) is 20.2. The third-order valence-corrected chi connectivity index (χ3v) is 11.9. The van der Waals surface area contributed by atoms with Gasteiger partial charge in [0.15, 0.2) is 6.73 Å². The molecule has 2 heterocycles. The van der Waals surface area contributed by atoms with Gasteiger partial charge in [0.2, 0.25) is 0 Å². The topological polar surface area (TPSA) is 137 Å². The number of nitrogens with zero attached hydrogens (tertiary/aromatic N) is 3. The molecule has 1 aliphatic rings. The maximum absolute atomic E-state index is 14.3. The first kappa shape index (κ1) is 44.0. The summed E-state index contributed by atoms with van der Waals surface area (Å²) < 4.78 is 39.1. The maximum Gasteiger partial charge on any atom is 0.409 e. The molecule has 326 valence electrons. The van der Waals surface area contributed by atoms with E-state index in [1.165, 1.54) is 13.2 Å². The quantitative estimate of drug-likeness (QED) is 0.0610. The van der Waals surface area contributed by atoms with Gasteiger partial charge in [-0.2, -0.15) is 0 Å². The lowest BCUT2D eigenvalue weighted by molar-refractivity contribution is -0.172. The molecule has 62 heavy (non-hydrogen) atoms. The van der Waals surface area contributed by atoms with Crippen LogP contribution in [0, 0.1) is 11.7 Å². The number of nitrogens with one attached hydrogen (secondary N) is 2. The van der Waals surface area contributed by atoms with E-state index in [4.69, 9.17) is 23.9 Å². The molecule has 0 aliphatic heterocycles. The number of halogens is 1. The van der Waals surface area contributed by atoms with Gasteiger partial charge < -0.3 is 34.1 Å². The molecule has 1 unspecified atom stereocenters. The fourth-order valence-corrected chi connectivity index (χ4v) is 8.98. The summed E-state index contributed by atoms with van der Waals surface area (Å²) in [4.78, 5) is 50.4. The van der Waals surface area contributed by atoms with E-state index in [0.717, 1.165) is 63.0 Å². The van der Waals surface area contributed by atoms with Crippen molar-refractivity contribution in [3.05, 3.63) is 137 Å². The van der Waals surface area contributed by atoms with Gasteiger partial charge in [0.05, 0.1) is 11.0 Å². The summed E-state index contributed by atoms with van der Waals surface area (Å²) in [6.07, 6.45) is 4.42. The molecule has 0 fully saturated rings. The smallest absolute Gasteiger partial charge is 0.409 e. The second-order valence-corrected chi connectivity index (χ2v) is 16.6. The lowest BCUT2D eigenvalue weighted by atomic mass is 9.65. The zero-order chi connectivity index (χ0) is 43.6. The van der Waals surface area contributed by atoms with E-state index in [1.807, 2.05) is 95.7 Å². The number of amides is 1. The molecule has 12 nitrogen and oxygen atoms in total. The predicted molar refractivity (Wildman–Crippen MR) is 235 cm³/mol. The van der Waals surface area contributed by atoms with Crippen molar-refractivity contribution in [1.82, 2.24) is 24.8 Å². The van der Waals surface area contributed by atoms with Gasteiger partial charge in [0.1, 0.15) is 36.5 Å². The van der Waals surface area contributed by atoms with Crippen LogP contribution in [0.1, 0.15) is 67.1 Å². The number of methoxy groups -OCH3 is 1. The first-order chi connectivity index (χ1) is 30.0. The number of H-pyrrole nitrogens is 1. The number of rotatable bonds is 19. The number of esters is 2. The minimum Gasteiger partial charge on any atom is -0.459 e. The maximum atomic E-state index is 14.3. The molecule has 1 amide bonds. The van der Waals surface area contributed by atoms with Crippen LogP contribution in [0.25, 0.3) is 21.9 Å². The number of carbonyl (C=O) groups is 3. The molecule has 2 N–H and O–H groups in total. The number of para-hydroxylation sites is 3. The van der Waals surface area contributed by atoms with Crippen LogP contribution < -0.4 is 5.32 Å². The van der Waals surface area contributed by atoms with Crippen molar-refractivity contribution in [2.45, 2.75) is 83.3 Å². The lowest BCUT2D eigenvalue weighted by Crippen LogP contribution is -2.49. The van der Waals surface area contributed by atoms with Crippen LogP contribution in [0.5, 0.6) is 0 Å². The summed E-state index contributed by atoms with van der Waals surface area (Å²) in [6.45, 7) is 5.43. The van der Waals surface area contributed by atoms with Crippen LogP contribution in [-0.2, 0) is 61.1 Å². The number of hydrogen-bond acceptors (Lipinski definition) is 9. The Morgan fingerprint density at radius 2 is 1.76 bits per heavy atom. The number of hydrogen-bond donors (Lipinski definition) is 2. The van der Waals surface area contributed by atoms with Gasteiger partial charge in [0.25, 0.3) is 0 Å². The Kier molecular flexibility index (Phi) is 14.4. The van der Waals surface area contributed by atoms with Crippen LogP contribution in [-0.4, -0.2) is 83.0 Å². The predicted octanol–water partition coefficient (Wildman–Crippen LogP) is 8.26. The summed E-state index contributed by atoms with van der Waals surface area (Å²) in [7, 11) is 3.53. The van der Waals surface area contributed by atoms with Crippen molar-refractivity contribution in [2.24, 2.45) is 5.92 Å². The van der Waals surface area contributed by atoms with E-state index in [1.54, 1.807) is 6.07 Å². The molecule has 3 atom stereocenters. The summed E-state index contributed by atoms with van der Waals surface area (Å²) >= 11 is 0. The third kappa shape index (κ3) is 10.5. The van der Waals surface area contributed by atoms with Crippen molar-refractivity contribution in [3.8, 4) is 0 Å².